The van der Waals surface area contributed by atoms with Crippen molar-refractivity contribution in [3.8, 4) is 0 Å². The fraction of sp³-hybridized carbons (Fsp3) is 0.769. The molecule has 0 aromatic rings. The van der Waals surface area contributed by atoms with Gasteiger partial charge in [-0.2, -0.15) is 0 Å². The normalized spacial score (nSPS) is 19.0. The average molecular weight is 496 g/mol. The van der Waals surface area contributed by atoms with Crippen molar-refractivity contribution in [2.24, 2.45) is 11.7 Å². The lowest BCUT2D eigenvalue weighted by atomic mass is 9.99. The van der Waals surface area contributed by atoms with Crippen LogP contribution in [0.5, 0.6) is 0 Å². The third-order valence-electron chi connectivity index (χ3n) is 6.04. The van der Waals surface area contributed by atoms with Crippen LogP contribution in [-0.2, 0) is 19.2 Å². The molecule has 2 atom stereocenters. The maximum absolute atomic E-state index is 12.7. The minimum atomic E-state index is -0.565. The molecule has 0 aromatic heterocycles. The number of rotatable bonds is 8. The van der Waals surface area contributed by atoms with Crippen molar-refractivity contribution in [3.05, 3.63) is 11.6 Å². The summed E-state index contributed by atoms with van der Waals surface area (Å²) in [7, 11) is 3.83. The molecule has 0 aromatic carbocycles. The number of nitrogens with one attached hydrogen (secondary N) is 1. The molecule has 2 saturated heterocycles. The quantitative estimate of drug-likeness (QED) is 0.395. The van der Waals surface area contributed by atoms with E-state index in [-0.39, 0.29) is 30.3 Å². The Hall–Kier alpha value is -2.42. The van der Waals surface area contributed by atoms with E-state index >= 15 is 0 Å². The molecule has 2 aliphatic heterocycles. The Labute approximate surface area is 212 Å². The van der Waals surface area contributed by atoms with Crippen LogP contribution in [0, 0.1) is 5.92 Å². The van der Waals surface area contributed by atoms with Gasteiger partial charge in [0.05, 0.1) is 12.6 Å². The minimum absolute atomic E-state index is 0.0680. The monoisotopic (exact) mass is 495 g/mol. The van der Waals surface area contributed by atoms with Gasteiger partial charge in [-0.15, -0.1) is 0 Å². The van der Waals surface area contributed by atoms with Gasteiger partial charge in [0.1, 0.15) is 6.04 Å². The van der Waals surface area contributed by atoms with Crippen molar-refractivity contribution in [2.75, 3.05) is 40.3 Å². The lowest BCUT2D eigenvalue weighted by Gasteiger charge is -2.30. The van der Waals surface area contributed by atoms with Gasteiger partial charge in [0.15, 0.2) is 0 Å². The number of carbonyl (C=O) groups is 4. The second-order valence-corrected chi connectivity index (χ2v) is 9.72. The van der Waals surface area contributed by atoms with Gasteiger partial charge in [-0.05, 0) is 58.7 Å². The molecular weight excluding hydrogens is 446 g/mol. The van der Waals surface area contributed by atoms with Gasteiger partial charge >= 0.3 is 0 Å². The van der Waals surface area contributed by atoms with E-state index in [2.05, 4.69) is 31.1 Å². The molecule has 9 nitrogen and oxygen atoms in total. The van der Waals surface area contributed by atoms with Gasteiger partial charge in [-0.3, -0.25) is 19.2 Å². The van der Waals surface area contributed by atoms with Crippen molar-refractivity contribution in [1.29, 1.82) is 0 Å². The Kier molecular flexibility index (Phi) is 16.7. The van der Waals surface area contributed by atoms with E-state index < -0.39 is 11.9 Å². The van der Waals surface area contributed by atoms with Gasteiger partial charge in [0.2, 0.25) is 24.1 Å². The van der Waals surface area contributed by atoms with Crippen LogP contribution in [0.4, 0.5) is 0 Å². The van der Waals surface area contributed by atoms with E-state index in [4.69, 9.17) is 5.73 Å². The summed E-state index contributed by atoms with van der Waals surface area (Å²) in [6.07, 6.45) is 9.06. The summed E-state index contributed by atoms with van der Waals surface area (Å²) in [5.41, 5.74) is 5.84. The van der Waals surface area contributed by atoms with Crippen LogP contribution >= 0.6 is 0 Å². The van der Waals surface area contributed by atoms with Crippen molar-refractivity contribution in [1.82, 2.24) is 20.0 Å². The number of primary amides is 1. The maximum Gasteiger partial charge on any atom is 0.249 e. The summed E-state index contributed by atoms with van der Waals surface area (Å²) in [4.78, 5) is 52.0. The molecular formula is C26H49N5O4. The predicted molar refractivity (Wildman–Crippen MR) is 140 cm³/mol. The number of nitrogens with two attached hydrogens (primary N) is 1. The lowest BCUT2D eigenvalue weighted by Crippen LogP contribution is -2.45. The zero-order valence-electron chi connectivity index (χ0n) is 23.0. The minimum Gasteiger partial charge on any atom is -0.368 e. The average Bonchev–Trinajstić information content (AvgIpc) is 3.31. The summed E-state index contributed by atoms with van der Waals surface area (Å²) in [5, 5.41) is 2.34. The first-order chi connectivity index (χ1) is 16.5. The number of hydrogen-bond donors (Lipinski definition) is 2. The van der Waals surface area contributed by atoms with E-state index in [0.29, 0.717) is 24.9 Å². The molecule has 0 unspecified atom stereocenters. The van der Waals surface area contributed by atoms with E-state index in [1.54, 1.807) is 20.0 Å². The van der Waals surface area contributed by atoms with Crippen LogP contribution in [0.2, 0.25) is 0 Å². The summed E-state index contributed by atoms with van der Waals surface area (Å²) in [6, 6.07) is -0.871. The molecule has 2 rings (SSSR count). The van der Waals surface area contributed by atoms with Crippen LogP contribution < -0.4 is 11.1 Å². The van der Waals surface area contributed by atoms with Crippen molar-refractivity contribution >= 4 is 24.1 Å². The molecule has 0 bridgehead atoms. The van der Waals surface area contributed by atoms with Crippen molar-refractivity contribution in [3.63, 3.8) is 0 Å². The zero-order chi connectivity index (χ0) is 27.0. The molecule has 202 valence electrons. The van der Waals surface area contributed by atoms with E-state index in [1.165, 1.54) is 48.6 Å². The Bertz CT molecular complexity index is 689. The molecule has 3 N–H and O–H groups in total. The van der Waals surface area contributed by atoms with Gasteiger partial charge in [-0.1, -0.05) is 46.6 Å². The maximum atomic E-state index is 12.7. The van der Waals surface area contributed by atoms with Crippen molar-refractivity contribution in [2.45, 2.75) is 85.2 Å². The molecule has 4 amide bonds. The van der Waals surface area contributed by atoms with Crippen LogP contribution in [-0.4, -0.2) is 91.2 Å². The van der Waals surface area contributed by atoms with E-state index in [9.17, 15) is 19.2 Å². The van der Waals surface area contributed by atoms with E-state index in [1.807, 2.05) is 13.8 Å². The zero-order valence-corrected chi connectivity index (χ0v) is 23.0. The van der Waals surface area contributed by atoms with Crippen molar-refractivity contribution < 1.29 is 19.2 Å². The second kappa shape index (κ2) is 17.9. The number of nitrogens with zero attached hydrogens (tertiary/aromatic N) is 3. The van der Waals surface area contributed by atoms with Crippen LogP contribution in [0.3, 0.4) is 0 Å². The largest absolute Gasteiger partial charge is 0.368 e. The Morgan fingerprint density at radius 1 is 1.09 bits per heavy atom. The third kappa shape index (κ3) is 12.2. The number of hydrogen-bond acceptors (Lipinski definition) is 5. The molecule has 2 aliphatic rings. The molecule has 2 heterocycles. The number of likely N-dealkylation sites (N-methyl/N-ethyl adjacent to an activating group) is 1. The first-order valence-electron chi connectivity index (χ1n) is 12.9. The predicted octanol–water partition coefficient (Wildman–Crippen LogP) is 2.16. The smallest absolute Gasteiger partial charge is 0.249 e. The number of amides is 4. The summed E-state index contributed by atoms with van der Waals surface area (Å²) in [6.45, 7) is 12.9. The van der Waals surface area contributed by atoms with Crippen LogP contribution in [0.1, 0.15) is 73.1 Å². The molecule has 2 fully saturated rings. The Morgan fingerprint density at radius 3 is 2.09 bits per heavy atom. The lowest BCUT2D eigenvalue weighted by molar-refractivity contribution is -0.134. The standard InChI is InChI=1S/C17H28N4O4.C6H13N.C3H8/c1-11(2)14(20(4)15(23)9-19-10-22)8-12(3)17(25)21-7-5-6-13(21)16(18)24;1-7-5-3-2-4-6-7;1-3-2/h8,10-11,13-14H,5-7,9H2,1-4H3,(H2,18,24)(H,19,22);2-6H2,1H3;3H2,1-2H3/b12-8+;;/t13-,14+;;/m0../s1. The number of carbonyl (C=O) groups excluding carboxylic acids is 4. The van der Waals surface area contributed by atoms with Gasteiger partial charge < -0.3 is 25.8 Å². The Morgan fingerprint density at radius 2 is 1.66 bits per heavy atom. The fourth-order valence-corrected chi connectivity index (χ4v) is 4.08. The van der Waals surface area contributed by atoms with E-state index in [0.717, 1.165) is 6.42 Å². The first kappa shape index (κ1) is 32.6. The number of likely N-dealkylation sites (tertiary alicyclic amines) is 2. The highest BCUT2D eigenvalue weighted by molar-refractivity contribution is 5.96. The second-order valence-electron chi connectivity index (χ2n) is 9.72. The molecule has 0 aliphatic carbocycles. The van der Waals surface area contributed by atoms with Gasteiger partial charge in [-0.25, -0.2) is 0 Å². The summed E-state index contributed by atoms with van der Waals surface area (Å²) < 4.78 is 0. The molecule has 35 heavy (non-hydrogen) atoms. The topological polar surface area (TPSA) is 116 Å². The first-order valence-corrected chi connectivity index (χ1v) is 12.9. The summed E-state index contributed by atoms with van der Waals surface area (Å²) >= 11 is 0. The summed E-state index contributed by atoms with van der Waals surface area (Å²) in [5.74, 6) is -0.915. The van der Waals surface area contributed by atoms with Gasteiger partial charge in [0, 0.05) is 19.2 Å². The Balaban J connectivity index is 0.000000956. The highest BCUT2D eigenvalue weighted by Gasteiger charge is 2.33. The van der Waals surface area contributed by atoms with Gasteiger partial charge in [0.25, 0.3) is 0 Å². The fourth-order valence-electron chi connectivity index (χ4n) is 4.08. The molecule has 0 spiro atoms. The van der Waals surface area contributed by atoms with Crippen LogP contribution in [0.25, 0.3) is 0 Å². The molecule has 9 heteroatoms. The molecule has 0 radical (unpaired) electrons. The molecule has 0 saturated carbocycles. The number of piperidine rings is 1. The highest BCUT2D eigenvalue weighted by atomic mass is 16.2. The SMILES string of the molecule is C/C(=C\[C@H](C(C)C)N(C)C(=O)CNC=O)C(=O)N1CCC[C@H]1C(N)=O.CCC.CN1CCCCC1. The highest BCUT2D eigenvalue weighted by Crippen LogP contribution is 2.21. The van der Waals surface area contributed by atoms with Crippen LogP contribution in [0.15, 0.2) is 11.6 Å². The third-order valence-corrected chi connectivity index (χ3v) is 6.04.